The van der Waals surface area contributed by atoms with Crippen molar-refractivity contribution in [3.63, 3.8) is 0 Å². The predicted molar refractivity (Wildman–Crippen MR) is 102 cm³/mol. The van der Waals surface area contributed by atoms with Crippen molar-refractivity contribution in [1.29, 1.82) is 0 Å². The summed E-state index contributed by atoms with van der Waals surface area (Å²) in [7, 11) is 1.57. The molecule has 0 atom stereocenters. The van der Waals surface area contributed by atoms with Gasteiger partial charge in [-0.2, -0.15) is 0 Å². The van der Waals surface area contributed by atoms with E-state index in [2.05, 4.69) is 11.8 Å². The Morgan fingerprint density at radius 1 is 0.808 bits per heavy atom. The highest BCUT2D eigenvalue weighted by Crippen LogP contribution is 2.20. The molecule has 3 rings (SSSR count). The van der Waals surface area contributed by atoms with Crippen molar-refractivity contribution in [2.75, 3.05) is 7.11 Å². The second-order valence-electron chi connectivity index (χ2n) is 5.76. The fraction of sp³-hybridized carbons (Fsp3) is 0.0870. The van der Waals surface area contributed by atoms with E-state index in [1.807, 2.05) is 43.3 Å². The van der Waals surface area contributed by atoms with E-state index in [1.54, 1.807) is 43.5 Å². The maximum Gasteiger partial charge on any atom is 0.343 e. The van der Waals surface area contributed by atoms with E-state index in [0.717, 1.165) is 11.1 Å². The molecule has 3 aromatic rings. The molecule has 0 spiro atoms. The average molecular weight is 342 g/mol. The van der Waals surface area contributed by atoms with Gasteiger partial charge in [-0.15, -0.1) is 0 Å². The minimum absolute atomic E-state index is 0.420. The summed E-state index contributed by atoms with van der Waals surface area (Å²) in [5.41, 5.74) is 3.46. The maximum atomic E-state index is 12.2. The third-order valence-electron chi connectivity index (χ3n) is 3.78. The van der Waals surface area contributed by atoms with Crippen LogP contribution in [0.25, 0.3) is 0 Å². The van der Waals surface area contributed by atoms with Crippen molar-refractivity contribution in [3.8, 4) is 23.3 Å². The molecule has 0 bridgehead atoms. The molecule has 0 radical (unpaired) electrons. The van der Waals surface area contributed by atoms with Crippen LogP contribution >= 0.6 is 0 Å². The molecule has 0 aromatic heterocycles. The molecule has 0 saturated heterocycles. The van der Waals surface area contributed by atoms with Gasteiger partial charge in [-0.1, -0.05) is 35.6 Å². The van der Waals surface area contributed by atoms with Crippen LogP contribution in [-0.2, 0) is 0 Å². The molecule has 0 heterocycles. The van der Waals surface area contributed by atoms with E-state index in [-0.39, 0.29) is 0 Å². The highest BCUT2D eigenvalue weighted by molar-refractivity contribution is 5.91. The fourth-order valence-electron chi connectivity index (χ4n) is 2.30. The molecular weight excluding hydrogens is 324 g/mol. The molecular formula is C23H18O3. The van der Waals surface area contributed by atoms with Crippen molar-refractivity contribution in [2.24, 2.45) is 0 Å². The lowest BCUT2D eigenvalue weighted by atomic mass is 10.1. The molecule has 3 nitrogen and oxygen atoms in total. The van der Waals surface area contributed by atoms with Crippen LogP contribution in [0.2, 0.25) is 0 Å². The number of hydrogen-bond acceptors (Lipinski definition) is 3. The Hall–Kier alpha value is -3.51. The van der Waals surface area contributed by atoms with Crippen LogP contribution in [0.15, 0.2) is 72.8 Å². The van der Waals surface area contributed by atoms with Crippen LogP contribution in [-0.4, -0.2) is 13.1 Å². The lowest BCUT2D eigenvalue weighted by Crippen LogP contribution is -2.08. The third kappa shape index (κ3) is 4.52. The Labute approximate surface area is 153 Å². The predicted octanol–water partition coefficient (Wildman–Crippen LogP) is 4.62. The Kier molecular flexibility index (Phi) is 5.36. The number of rotatable bonds is 3. The van der Waals surface area contributed by atoms with Gasteiger partial charge >= 0.3 is 5.97 Å². The number of benzene rings is 3. The van der Waals surface area contributed by atoms with E-state index in [0.29, 0.717) is 17.1 Å². The van der Waals surface area contributed by atoms with Gasteiger partial charge in [0.2, 0.25) is 0 Å². The van der Waals surface area contributed by atoms with Gasteiger partial charge < -0.3 is 9.47 Å². The molecule has 3 heteroatoms. The van der Waals surface area contributed by atoms with Crippen molar-refractivity contribution in [1.82, 2.24) is 0 Å². The molecule has 0 aliphatic rings. The van der Waals surface area contributed by atoms with Crippen LogP contribution in [0, 0.1) is 18.8 Å². The number of methoxy groups -OCH3 is 1. The summed E-state index contributed by atoms with van der Waals surface area (Å²) in [6.45, 7) is 2.04. The average Bonchev–Trinajstić information content (AvgIpc) is 2.68. The zero-order valence-electron chi connectivity index (χ0n) is 14.7. The van der Waals surface area contributed by atoms with Gasteiger partial charge in [-0.05, 0) is 55.5 Å². The summed E-state index contributed by atoms with van der Waals surface area (Å²) >= 11 is 0. The van der Waals surface area contributed by atoms with Gasteiger partial charge in [-0.25, -0.2) is 4.79 Å². The molecule has 128 valence electrons. The highest BCUT2D eigenvalue weighted by atomic mass is 16.5. The van der Waals surface area contributed by atoms with Crippen LogP contribution in [0.1, 0.15) is 27.0 Å². The quantitative estimate of drug-likeness (QED) is 0.396. The highest BCUT2D eigenvalue weighted by Gasteiger charge is 2.08. The second kappa shape index (κ2) is 8.04. The van der Waals surface area contributed by atoms with Crippen LogP contribution < -0.4 is 9.47 Å². The van der Waals surface area contributed by atoms with E-state index in [4.69, 9.17) is 9.47 Å². The van der Waals surface area contributed by atoms with E-state index >= 15 is 0 Å². The van der Waals surface area contributed by atoms with Crippen LogP contribution in [0.3, 0.4) is 0 Å². The van der Waals surface area contributed by atoms with Crippen LogP contribution in [0.4, 0.5) is 0 Å². The first kappa shape index (κ1) is 17.3. The monoisotopic (exact) mass is 342 g/mol. The Balaban J connectivity index is 1.69. The molecule has 0 saturated carbocycles. The first-order valence-electron chi connectivity index (χ1n) is 8.19. The maximum absolute atomic E-state index is 12.2. The molecule has 0 aliphatic heterocycles. The van der Waals surface area contributed by atoms with Crippen molar-refractivity contribution < 1.29 is 14.3 Å². The zero-order chi connectivity index (χ0) is 18.4. The van der Waals surface area contributed by atoms with Crippen LogP contribution in [0.5, 0.6) is 11.5 Å². The van der Waals surface area contributed by atoms with Gasteiger partial charge in [0, 0.05) is 17.2 Å². The van der Waals surface area contributed by atoms with Gasteiger partial charge in [0.05, 0.1) is 12.7 Å². The fourth-order valence-corrected chi connectivity index (χ4v) is 2.30. The summed E-state index contributed by atoms with van der Waals surface area (Å²) in [4.78, 5) is 12.2. The number of carbonyl (C=O) groups is 1. The van der Waals surface area contributed by atoms with Gasteiger partial charge in [0.25, 0.3) is 0 Å². The summed E-state index contributed by atoms with van der Waals surface area (Å²) in [5, 5.41) is 0. The second-order valence-corrected chi connectivity index (χ2v) is 5.76. The molecule has 0 N–H and O–H groups in total. The largest absolute Gasteiger partial charge is 0.497 e. The Morgan fingerprint density at radius 2 is 1.38 bits per heavy atom. The summed E-state index contributed by atoms with van der Waals surface area (Å²) in [6.07, 6.45) is 0. The minimum Gasteiger partial charge on any atom is -0.497 e. The topological polar surface area (TPSA) is 35.5 Å². The number of carbonyl (C=O) groups excluding carboxylic acids is 1. The number of hydrogen-bond donors (Lipinski definition) is 0. The lowest BCUT2D eigenvalue weighted by molar-refractivity contribution is 0.0734. The third-order valence-corrected chi connectivity index (χ3v) is 3.78. The molecule has 0 aliphatic carbocycles. The SMILES string of the molecule is COc1cccc(OC(=O)c2ccc(C#Cc3ccc(C)cc3)cc2)c1. The lowest BCUT2D eigenvalue weighted by Gasteiger charge is -2.06. The standard InChI is InChI=1S/C23H18O3/c1-17-6-8-18(9-7-17)10-11-19-12-14-20(15-13-19)23(24)26-22-5-3-4-21(16-22)25-2/h3-9,12-16H,1-2H3. The Bertz CT molecular complexity index is 959. The first-order valence-corrected chi connectivity index (χ1v) is 8.19. The van der Waals surface area contributed by atoms with E-state index in [1.165, 1.54) is 5.56 Å². The molecule has 0 unspecified atom stereocenters. The Morgan fingerprint density at radius 3 is 2.00 bits per heavy atom. The molecule has 0 fully saturated rings. The molecule has 26 heavy (non-hydrogen) atoms. The van der Waals surface area contributed by atoms with E-state index in [9.17, 15) is 4.79 Å². The number of ether oxygens (including phenoxy) is 2. The minimum atomic E-state index is -0.420. The van der Waals surface area contributed by atoms with Crippen molar-refractivity contribution in [3.05, 3.63) is 95.1 Å². The molecule has 0 amide bonds. The van der Waals surface area contributed by atoms with Gasteiger partial charge in [0.15, 0.2) is 0 Å². The van der Waals surface area contributed by atoms with Crippen molar-refractivity contribution in [2.45, 2.75) is 6.92 Å². The van der Waals surface area contributed by atoms with Gasteiger partial charge in [-0.3, -0.25) is 0 Å². The van der Waals surface area contributed by atoms with Crippen molar-refractivity contribution >= 4 is 5.97 Å². The molecule has 3 aromatic carbocycles. The smallest absolute Gasteiger partial charge is 0.343 e. The number of esters is 1. The normalized spacial score (nSPS) is 9.77. The van der Waals surface area contributed by atoms with Gasteiger partial charge in [0.1, 0.15) is 11.5 Å². The van der Waals surface area contributed by atoms with E-state index < -0.39 is 5.97 Å². The summed E-state index contributed by atoms with van der Waals surface area (Å²) < 4.78 is 10.5. The zero-order valence-corrected chi connectivity index (χ0v) is 14.7. The summed E-state index contributed by atoms with van der Waals surface area (Å²) in [6, 6.07) is 22.0. The number of aryl methyl sites for hydroxylation is 1. The summed E-state index contributed by atoms with van der Waals surface area (Å²) in [5.74, 6) is 6.86. The first-order chi connectivity index (χ1) is 12.6.